The molecule has 1 heterocycles. The van der Waals surface area contributed by atoms with Crippen LogP contribution >= 0.6 is 11.8 Å². The van der Waals surface area contributed by atoms with Gasteiger partial charge in [0.2, 0.25) is 5.91 Å². The van der Waals surface area contributed by atoms with Crippen molar-refractivity contribution >= 4 is 17.7 Å². The van der Waals surface area contributed by atoms with Crippen molar-refractivity contribution in [2.24, 2.45) is 0 Å². The molecular formula is C16H20N4OS. The molecule has 2 rings (SSSR count). The van der Waals surface area contributed by atoms with Crippen LogP contribution in [0.2, 0.25) is 0 Å². The van der Waals surface area contributed by atoms with E-state index in [-0.39, 0.29) is 5.91 Å². The van der Waals surface area contributed by atoms with Gasteiger partial charge in [0, 0.05) is 18.7 Å². The second-order valence-electron chi connectivity index (χ2n) is 4.80. The van der Waals surface area contributed by atoms with E-state index in [1.165, 1.54) is 17.3 Å². The van der Waals surface area contributed by atoms with Gasteiger partial charge in [0.05, 0.1) is 5.75 Å². The minimum Gasteiger partial charge on any atom is -0.352 e. The van der Waals surface area contributed by atoms with Gasteiger partial charge in [-0.3, -0.25) is 4.79 Å². The monoisotopic (exact) mass is 316 g/mol. The molecule has 6 heteroatoms. The molecule has 0 aliphatic heterocycles. The van der Waals surface area contributed by atoms with Crippen LogP contribution in [0.25, 0.3) is 11.4 Å². The van der Waals surface area contributed by atoms with Crippen LogP contribution in [0.1, 0.15) is 12.5 Å². The van der Waals surface area contributed by atoms with E-state index in [1.807, 2.05) is 23.6 Å². The van der Waals surface area contributed by atoms with Crippen molar-refractivity contribution in [2.45, 2.75) is 25.5 Å². The van der Waals surface area contributed by atoms with Crippen molar-refractivity contribution in [2.75, 3.05) is 12.3 Å². The van der Waals surface area contributed by atoms with Gasteiger partial charge in [-0.05, 0) is 19.9 Å². The number of nitrogens with one attached hydrogen (secondary N) is 1. The minimum absolute atomic E-state index is 0.0346. The minimum atomic E-state index is -0.0346. The molecule has 0 radical (unpaired) electrons. The molecule has 0 fully saturated rings. The third-order valence-corrected chi connectivity index (χ3v) is 4.05. The molecule has 0 aliphatic rings. The molecule has 1 aromatic heterocycles. The maximum Gasteiger partial charge on any atom is 0.230 e. The molecule has 1 amide bonds. The fourth-order valence-corrected chi connectivity index (χ4v) is 2.88. The first-order chi connectivity index (χ1) is 10.7. The summed E-state index contributed by atoms with van der Waals surface area (Å²) < 4.78 is 2.03. The average Bonchev–Trinajstić information content (AvgIpc) is 2.93. The molecule has 0 atom stereocenters. The van der Waals surface area contributed by atoms with Crippen LogP contribution in [0.3, 0.4) is 0 Å². The van der Waals surface area contributed by atoms with Crippen LogP contribution in [0.15, 0.2) is 42.1 Å². The molecule has 116 valence electrons. The normalized spacial score (nSPS) is 10.5. The van der Waals surface area contributed by atoms with E-state index in [0.717, 1.165) is 23.1 Å². The van der Waals surface area contributed by atoms with Gasteiger partial charge in [-0.25, -0.2) is 0 Å². The zero-order valence-electron chi connectivity index (χ0n) is 12.9. The number of thioether (sulfide) groups is 1. The summed E-state index contributed by atoms with van der Waals surface area (Å²) in [5.74, 6) is 1.12. The van der Waals surface area contributed by atoms with Crippen molar-refractivity contribution in [1.82, 2.24) is 20.1 Å². The summed E-state index contributed by atoms with van der Waals surface area (Å²) in [4.78, 5) is 11.7. The topological polar surface area (TPSA) is 59.8 Å². The summed E-state index contributed by atoms with van der Waals surface area (Å²) in [6.45, 7) is 8.91. The molecule has 1 aromatic carbocycles. The Bertz CT molecular complexity index is 666. The van der Waals surface area contributed by atoms with Crippen molar-refractivity contribution in [3.63, 3.8) is 0 Å². The standard InChI is InChI=1S/C16H20N4OS/c1-4-9-17-14(21)11-22-16-19-18-15(20(16)5-2)13-8-6-7-12(3)10-13/h4,6-8,10H,1,5,9,11H2,2-3H3,(H,17,21). The number of benzene rings is 1. The zero-order valence-corrected chi connectivity index (χ0v) is 13.7. The van der Waals surface area contributed by atoms with Crippen LogP contribution in [0, 0.1) is 6.92 Å². The van der Waals surface area contributed by atoms with E-state index < -0.39 is 0 Å². The van der Waals surface area contributed by atoms with Gasteiger partial charge in [-0.2, -0.15) is 0 Å². The third-order valence-electron chi connectivity index (χ3n) is 3.09. The van der Waals surface area contributed by atoms with Crippen molar-refractivity contribution in [3.8, 4) is 11.4 Å². The number of amides is 1. The number of hydrogen-bond donors (Lipinski definition) is 1. The van der Waals surface area contributed by atoms with Crippen LogP contribution in [-0.2, 0) is 11.3 Å². The van der Waals surface area contributed by atoms with Crippen molar-refractivity contribution < 1.29 is 4.79 Å². The zero-order chi connectivity index (χ0) is 15.9. The number of aryl methyl sites for hydroxylation is 1. The Morgan fingerprint density at radius 3 is 2.95 bits per heavy atom. The lowest BCUT2D eigenvalue weighted by atomic mass is 10.1. The SMILES string of the molecule is C=CCNC(=O)CSc1nnc(-c2cccc(C)c2)n1CC. The van der Waals surface area contributed by atoms with Gasteiger partial charge < -0.3 is 9.88 Å². The smallest absolute Gasteiger partial charge is 0.230 e. The van der Waals surface area contributed by atoms with Crippen molar-refractivity contribution in [1.29, 1.82) is 0 Å². The summed E-state index contributed by atoms with van der Waals surface area (Å²) in [6, 6.07) is 8.17. The highest BCUT2D eigenvalue weighted by atomic mass is 32.2. The molecular weight excluding hydrogens is 296 g/mol. The van der Waals surface area contributed by atoms with Gasteiger partial charge in [0.1, 0.15) is 0 Å². The molecule has 0 saturated carbocycles. The van der Waals surface area contributed by atoms with Gasteiger partial charge in [0.25, 0.3) is 0 Å². The summed E-state index contributed by atoms with van der Waals surface area (Å²) in [5.41, 5.74) is 2.22. The Hall–Kier alpha value is -2.08. The highest BCUT2D eigenvalue weighted by Crippen LogP contribution is 2.24. The van der Waals surface area contributed by atoms with Crippen LogP contribution in [0.4, 0.5) is 0 Å². The molecule has 2 aromatic rings. The Balaban J connectivity index is 2.14. The maximum atomic E-state index is 11.7. The second-order valence-corrected chi connectivity index (χ2v) is 5.74. The Kier molecular flexibility index (Phi) is 5.77. The summed E-state index contributed by atoms with van der Waals surface area (Å²) in [6.07, 6.45) is 1.66. The number of carbonyl (C=O) groups excluding carboxylic acids is 1. The molecule has 0 spiro atoms. The van der Waals surface area contributed by atoms with Gasteiger partial charge in [-0.1, -0.05) is 41.6 Å². The molecule has 22 heavy (non-hydrogen) atoms. The summed E-state index contributed by atoms with van der Waals surface area (Å²) in [7, 11) is 0. The fraction of sp³-hybridized carbons (Fsp3) is 0.312. The van der Waals surface area contributed by atoms with Crippen LogP contribution in [0.5, 0.6) is 0 Å². The molecule has 0 saturated heterocycles. The van der Waals surface area contributed by atoms with E-state index in [1.54, 1.807) is 6.08 Å². The van der Waals surface area contributed by atoms with Gasteiger partial charge >= 0.3 is 0 Å². The number of hydrogen-bond acceptors (Lipinski definition) is 4. The Labute approximate surface area is 134 Å². The maximum absolute atomic E-state index is 11.7. The fourth-order valence-electron chi connectivity index (χ4n) is 2.05. The molecule has 5 nitrogen and oxygen atoms in total. The largest absolute Gasteiger partial charge is 0.352 e. The van der Waals surface area contributed by atoms with Crippen LogP contribution < -0.4 is 5.32 Å². The van der Waals surface area contributed by atoms with E-state index in [9.17, 15) is 4.79 Å². The van der Waals surface area contributed by atoms with E-state index in [4.69, 9.17) is 0 Å². The lowest BCUT2D eigenvalue weighted by Crippen LogP contribution is -2.25. The van der Waals surface area contributed by atoms with Gasteiger partial charge in [0.15, 0.2) is 11.0 Å². The van der Waals surface area contributed by atoms with E-state index >= 15 is 0 Å². The lowest BCUT2D eigenvalue weighted by Gasteiger charge is -2.07. The van der Waals surface area contributed by atoms with Crippen LogP contribution in [-0.4, -0.2) is 33.0 Å². The quantitative estimate of drug-likeness (QED) is 0.630. The molecule has 0 aliphatic carbocycles. The first-order valence-corrected chi connectivity index (χ1v) is 8.15. The summed E-state index contributed by atoms with van der Waals surface area (Å²) >= 11 is 1.39. The Morgan fingerprint density at radius 1 is 1.45 bits per heavy atom. The summed E-state index contributed by atoms with van der Waals surface area (Å²) in [5, 5.41) is 12.0. The number of carbonyl (C=O) groups is 1. The Morgan fingerprint density at radius 2 is 2.27 bits per heavy atom. The van der Waals surface area contributed by atoms with E-state index in [0.29, 0.717) is 12.3 Å². The molecule has 1 N–H and O–H groups in total. The predicted molar refractivity (Wildman–Crippen MR) is 89.8 cm³/mol. The average molecular weight is 316 g/mol. The third kappa shape index (κ3) is 3.98. The molecule has 0 unspecified atom stereocenters. The second kappa shape index (κ2) is 7.79. The number of nitrogens with zero attached hydrogens (tertiary/aromatic N) is 3. The number of rotatable bonds is 7. The van der Waals surface area contributed by atoms with Gasteiger partial charge in [-0.15, -0.1) is 16.8 Å². The molecule has 0 bridgehead atoms. The highest BCUT2D eigenvalue weighted by molar-refractivity contribution is 7.99. The lowest BCUT2D eigenvalue weighted by molar-refractivity contribution is -0.118. The highest BCUT2D eigenvalue weighted by Gasteiger charge is 2.14. The first-order valence-electron chi connectivity index (χ1n) is 7.16. The first kappa shape index (κ1) is 16.3. The predicted octanol–water partition coefficient (Wildman–Crippen LogP) is 2.67. The van der Waals surface area contributed by atoms with Crippen molar-refractivity contribution in [3.05, 3.63) is 42.5 Å². The number of aromatic nitrogens is 3. The van der Waals surface area contributed by atoms with E-state index in [2.05, 4.69) is 41.1 Å².